The van der Waals surface area contributed by atoms with E-state index < -0.39 is 5.54 Å². The molecule has 1 unspecified atom stereocenters. The molecule has 0 radical (unpaired) electrons. The Morgan fingerprint density at radius 2 is 2.03 bits per heavy atom. The van der Waals surface area contributed by atoms with Crippen molar-refractivity contribution in [2.75, 3.05) is 53.0 Å². The molecule has 192 valence electrons. The van der Waals surface area contributed by atoms with Gasteiger partial charge in [0.15, 0.2) is 0 Å². The number of hydrogen-bond donors (Lipinski definition) is 1. The van der Waals surface area contributed by atoms with Crippen LogP contribution in [0.5, 0.6) is 5.75 Å². The molecule has 2 amide bonds. The molecule has 1 aliphatic carbocycles. The van der Waals surface area contributed by atoms with Crippen molar-refractivity contribution in [3.63, 3.8) is 0 Å². The van der Waals surface area contributed by atoms with Crippen LogP contribution in [-0.4, -0.2) is 79.6 Å². The number of benzene rings is 1. The van der Waals surface area contributed by atoms with Crippen molar-refractivity contribution in [3.8, 4) is 5.75 Å². The maximum Gasteiger partial charge on any atom is 0.255 e. The number of nitrogens with zero attached hydrogens (tertiary/aromatic N) is 3. The number of rotatable bonds is 10. The molecule has 8 heteroatoms. The number of amides is 2. The number of aromatic nitrogens is 1. The fourth-order valence-electron chi connectivity index (χ4n) is 5.32. The fourth-order valence-corrected chi connectivity index (χ4v) is 5.32. The zero-order valence-electron chi connectivity index (χ0n) is 21.1. The van der Waals surface area contributed by atoms with Crippen molar-refractivity contribution in [1.29, 1.82) is 0 Å². The molecule has 1 saturated heterocycles. The van der Waals surface area contributed by atoms with Crippen molar-refractivity contribution in [3.05, 3.63) is 72.1 Å². The van der Waals surface area contributed by atoms with E-state index in [9.17, 15) is 9.59 Å². The van der Waals surface area contributed by atoms with Gasteiger partial charge in [-0.05, 0) is 61.1 Å². The van der Waals surface area contributed by atoms with Crippen LogP contribution in [0, 0.1) is 0 Å². The lowest BCUT2D eigenvalue weighted by Crippen LogP contribution is -2.60. The molecular formula is C28H36N4O4. The first-order chi connectivity index (χ1) is 17.6. The second-order valence-electron chi connectivity index (χ2n) is 9.24. The number of fused-ring (bicyclic) bond motifs is 1. The molecule has 1 N–H and O–H groups in total. The fraction of sp³-hybridized carbons (Fsp3) is 0.464. The molecule has 4 rings (SSSR count). The van der Waals surface area contributed by atoms with Gasteiger partial charge in [-0.2, -0.15) is 0 Å². The topological polar surface area (TPSA) is 84.0 Å². The third-order valence-electron chi connectivity index (χ3n) is 7.12. The molecule has 36 heavy (non-hydrogen) atoms. The number of carbonyl (C=O) groups excluding carboxylic acids is 2. The minimum absolute atomic E-state index is 0.170. The van der Waals surface area contributed by atoms with Crippen LogP contribution < -0.4 is 10.1 Å². The molecule has 0 saturated carbocycles. The summed E-state index contributed by atoms with van der Waals surface area (Å²) in [5, 5.41) is 3.02. The van der Waals surface area contributed by atoms with Crippen molar-refractivity contribution < 1.29 is 19.1 Å². The molecule has 1 atom stereocenters. The largest absolute Gasteiger partial charge is 0.497 e. The van der Waals surface area contributed by atoms with Crippen molar-refractivity contribution in [1.82, 2.24) is 20.1 Å². The summed E-state index contributed by atoms with van der Waals surface area (Å²) in [5.74, 6) is 0.398. The van der Waals surface area contributed by atoms with Gasteiger partial charge in [-0.15, -0.1) is 6.58 Å². The molecule has 8 nitrogen and oxygen atoms in total. The number of morpholine rings is 1. The summed E-state index contributed by atoms with van der Waals surface area (Å²) in [7, 11) is 1.64. The molecule has 2 aromatic rings. The van der Waals surface area contributed by atoms with Gasteiger partial charge in [0, 0.05) is 50.7 Å². The maximum absolute atomic E-state index is 14.1. The van der Waals surface area contributed by atoms with Crippen LogP contribution in [0.2, 0.25) is 0 Å². The van der Waals surface area contributed by atoms with Gasteiger partial charge in [-0.25, -0.2) is 0 Å². The first-order valence-corrected chi connectivity index (χ1v) is 12.7. The summed E-state index contributed by atoms with van der Waals surface area (Å²) in [5.41, 5.74) is 1.29. The van der Waals surface area contributed by atoms with Gasteiger partial charge in [0.2, 0.25) is 0 Å². The summed E-state index contributed by atoms with van der Waals surface area (Å²) in [6, 6.07) is 9.25. The van der Waals surface area contributed by atoms with E-state index in [4.69, 9.17) is 9.47 Å². The van der Waals surface area contributed by atoms with E-state index in [-0.39, 0.29) is 11.8 Å². The van der Waals surface area contributed by atoms with Crippen LogP contribution in [0.4, 0.5) is 0 Å². The quantitative estimate of drug-likeness (QED) is 0.514. The monoisotopic (exact) mass is 492 g/mol. The summed E-state index contributed by atoms with van der Waals surface area (Å²) >= 11 is 0. The Balaban J connectivity index is 1.75. The predicted molar refractivity (Wildman–Crippen MR) is 138 cm³/mol. The summed E-state index contributed by atoms with van der Waals surface area (Å²) in [6.45, 7) is 8.59. The van der Waals surface area contributed by atoms with Crippen molar-refractivity contribution >= 4 is 11.8 Å². The average Bonchev–Trinajstić information content (AvgIpc) is 2.94. The van der Waals surface area contributed by atoms with Gasteiger partial charge in [-0.3, -0.25) is 19.5 Å². The number of nitrogens with one attached hydrogen (secondary N) is 1. The SMILES string of the molecule is C=CCNC(=O)C1(N(CCCN2CCOCC2)C(=O)c2ccncc2)CCCc2cc(OC)ccc21. The van der Waals surface area contributed by atoms with E-state index in [1.54, 1.807) is 42.6 Å². The van der Waals surface area contributed by atoms with Gasteiger partial charge in [0.25, 0.3) is 11.8 Å². The average molecular weight is 493 g/mol. The number of pyridine rings is 1. The Bertz CT molecular complexity index is 1050. The van der Waals surface area contributed by atoms with E-state index in [0.29, 0.717) is 25.1 Å². The van der Waals surface area contributed by atoms with Crippen LogP contribution in [0.25, 0.3) is 0 Å². The van der Waals surface area contributed by atoms with E-state index in [0.717, 1.165) is 69.0 Å². The van der Waals surface area contributed by atoms with E-state index >= 15 is 0 Å². The maximum atomic E-state index is 14.1. The Labute approximate surface area is 213 Å². The van der Waals surface area contributed by atoms with Gasteiger partial charge in [0.05, 0.1) is 20.3 Å². The highest BCUT2D eigenvalue weighted by molar-refractivity contribution is 6.00. The highest BCUT2D eigenvalue weighted by atomic mass is 16.5. The summed E-state index contributed by atoms with van der Waals surface area (Å²) < 4.78 is 10.9. The third-order valence-corrected chi connectivity index (χ3v) is 7.12. The van der Waals surface area contributed by atoms with Crippen LogP contribution in [0.1, 0.15) is 40.7 Å². The smallest absolute Gasteiger partial charge is 0.255 e. The van der Waals surface area contributed by atoms with Crippen molar-refractivity contribution in [2.24, 2.45) is 0 Å². The Kier molecular flexibility index (Phi) is 8.72. The first kappa shape index (κ1) is 25.9. The van der Waals surface area contributed by atoms with Crippen molar-refractivity contribution in [2.45, 2.75) is 31.2 Å². The molecule has 1 aliphatic heterocycles. The number of aryl methyl sites for hydroxylation is 1. The molecule has 1 aromatic carbocycles. The molecule has 1 aromatic heterocycles. The highest BCUT2D eigenvalue weighted by Crippen LogP contribution is 2.42. The molecule has 0 bridgehead atoms. The molecule has 1 fully saturated rings. The predicted octanol–water partition coefficient (Wildman–Crippen LogP) is 2.79. The molecular weight excluding hydrogens is 456 g/mol. The van der Waals surface area contributed by atoms with E-state index in [2.05, 4.69) is 21.8 Å². The summed E-state index contributed by atoms with van der Waals surface area (Å²) in [4.78, 5) is 36.3. The Morgan fingerprint density at radius 3 is 2.75 bits per heavy atom. The molecule has 2 heterocycles. The highest BCUT2D eigenvalue weighted by Gasteiger charge is 2.50. The lowest BCUT2D eigenvalue weighted by atomic mass is 9.74. The van der Waals surface area contributed by atoms with Crippen LogP contribution >= 0.6 is 0 Å². The van der Waals surface area contributed by atoms with Crippen LogP contribution in [0.15, 0.2) is 55.4 Å². The van der Waals surface area contributed by atoms with Crippen LogP contribution in [0.3, 0.4) is 0 Å². The van der Waals surface area contributed by atoms with E-state index in [1.165, 1.54) is 0 Å². The lowest BCUT2D eigenvalue weighted by Gasteiger charge is -2.46. The number of methoxy groups -OCH3 is 1. The van der Waals surface area contributed by atoms with Gasteiger partial charge >= 0.3 is 0 Å². The van der Waals surface area contributed by atoms with Gasteiger partial charge in [-0.1, -0.05) is 12.1 Å². The minimum Gasteiger partial charge on any atom is -0.497 e. The lowest BCUT2D eigenvalue weighted by molar-refractivity contribution is -0.133. The number of ether oxygens (including phenoxy) is 2. The zero-order valence-corrected chi connectivity index (χ0v) is 21.1. The normalized spacial score (nSPS) is 19.7. The third kappa shape index (κ3) is 5.44. The first-order valence-electron chi connectivity index (χ1n) is 12.7. The van der Waals surface area contributed by atoms with Gasteiger partial charge in [0.1, 0.15) is 11.3 Å². The molecule has 0 spiro atoms. The van der Waals surface area contributed by atoms with E-state index in [1.807, 2.05) is 18.2 Å². The van der Waals surface area contributed by atoms with Crippen LogP contribution in [-0.2, 0) is 21.5 Å². The second-order valence-corrected chi connectivity index (χ2v) is 9.24. The Morgan fingerprint density at radius 1 is 1.25 bits per heavy atom. The number of hydrogen-bond acceptors (Lipinski definition) is 6. The molecule has 2 aliphatic rings. The Hall–Kier alpha value is -3.23. The number of carbonyl (C=O) groups is 2. The second kappa shape index (κ2) is 12.1. The van der Waals surface area contributed by atoms with Gasteiger partial charge < -0.3 is 19.7 Å². The standard InChI is InChI=1S/C28H36N4O4/c1-3-12-30-27(34)28(11-4-6-23-21-24(35-2)7-8-25(23)28)32(26(33)22-9-13-29-14-10-22)16-5-15-31-17-19-36-20-18-31/h3,7-10,13-14,21H,1,4-6,11-12,15-20H2,2H3,(H,30,34). The summed E-state index contributed by atoms with van der Waals surface area (Å²) in [6.07, 6.45) is 7.80. The zero-order chi connectivity index (χ0) is 25.4. The minimum atomic E-state index is -1.13.